The molecule has 0 saturated heterocycles. The first-order chi connectivity index (χ1) is 11.1. The number of hydrogen-bond donors (Lipinski definition) is 1. The molecule has 0 fully saturated rings. The van der Waals surface area contributed by atoms with Gasteiger partial charge in [0.05, 0.1) is 17.2 Å². The number of thiazole rings is 1. The van der Waals surface area contributed by atoms with Crippen molar-refractivity contribution in [2.75, 3.05) is 18.0 Å². The van der Waals surface area contributed by atoms with Crippen LogP contribution in [0.2, 0.25) is 0 Å². The summed E-state index contributed by atoms with van der Waals surface area (Å²) in [6.07, 6.45) is 1.95. The topological polar surface area (TPSA) is 45.2 Å². The van der Waals surface area contributed by atoms with Gasteiger partial charge in [0.15, 0.2) is 0 Å². The Hall–Kier alpha value is -1.88. The standard InChI is InChI=1S/C18H23N3OS/c1-4-12(2)19-18(22)10-21-8-7-15-9-14(5-6-17(15)21)16-11-23-13(3)20-16/h5-6,9,11-12H,4,7-8,10H2,1-3H3,(H,19,22)/t12-/m0/s1. The van der Waals surface area contributed by atoms with E-state index >= 15 is 0 Å². The molecule has 5 heteroatoms. The van der Waals surface area contributed by atoms with E-state index in [1.165, 1.54) is 16.8 Å². The smallest absolute Gasteiger partial charge is 0.239 e. The molecule has 0 radical (unpaired) electrons. The Balaban J connectivity index is 1.72. The molecule has 122 valence electrons. The molecule has 3 rings (SSSR count). The number of amides is 1. The lowest BCUT2D eigenvalue weighted by atomic mass is 10.1. The maximum atomic E-state index is 12.1. The predicted octanol–water partition coefficient (Wildman–Crippen LogP) is 3.40. The average molecular weight is 329 g/mol. The van der Waals surface area contributed by atoms with Crippen LogP contribution in [0.25, 0.3) is 11.3 Å². The largest absolute Gasteiger partial charge is 0.362 e. The summed E-state index contributed by atoms with van der Waals surface area (Å²) in [5.41, 5.74) is 4.70. The minimum atomic E-state index is 0.103. The normalized spacial score (nSPS) is 14.7. The van der Waals surface area contributed by atoms with E-state index in [1.807, 2.05) is 13.8 Å². The molecule has 1 aromatic heterocycles. The Morgan fingerprint density at radius 3 is 3.00 bits per heavy atom. The zero-order valence-corrected chi connectivity index (χ0v) is 14.7. The van der Waals surface area contributed by atoms with Gasteiger partial charge in [0, 0.05) is 29.2 Å². The van der Waals surface area contributed by atoms with Crippen LogP contribution in [0, 0.1) is 6.92 Å². The molecule has 0 saturated carbocycles. The second-order valence-electron chi connectivity index (χ2n) is 6.14. The van der Waals surface area contributed by atoms with E-state index in [0.717, 1.165) is 30.1 Å². The number of hydrogen-bond acceptors (Lipinski definition) is 4. The minimum Gasteiger partial charge on any atom is -0.362 e. The van der Waals surface area contributed by atoms with Gasteiger partial charge in [-0.05, 0) is 44.4 Å². The van der Waals surface area contributed by atoms with Crippen molar-refractivity contribution in [3.8, 4) is 11.3 Å². The van der Waals surface area contributed by atoms with Crippen molar-refractivity contribution in [1.29, 1.82) is 0 Å². The van der Waals surface area contributed by atoms with Gasteiger partial charge in [0.25, 0.3) is 0 Å². The molecule has 4 nitrogen and oxygen atoms in total. The van der Waals surface area contributed by atoms with Crippen LogP contribution < -0.4 is 10.2 Å². The number of nitrogens with zero attached hydrogens (tertiary/aromatic N) is 2. The number of anilines is 1. The molecule has 2 aromatic rings. The van der Waals surface area contributed by atoms with Gasteiger partial charge in [-0.15, -0.1) is 11.3 Å². The molecule has 1 aliphatic rings. The molecular formula is C18H23N3OS. The second kappa shape index (κ2) is 6.71. The first-order valence-electron chi connectivity index (χ1n) is 8.16. The van der Waals surface area contributed by atoms with Crippen molar-refractivity contribution in [3.63, 3.8) is 0 Å². The van der Waals surface area contributed by atoms with E-state index < -0.39 is 0 Å². The van der Waals surface area contributed by atoms with Crippen molar-refractivity contribution in [2.45, 2.75) is 39.7 Å². The second-order valence-corrected chi connectivity index (χ2v) is 7.21. The molecule has 2 heterocycles. The molecule has 1 aliphatic heterocycles. The van der Waals surface area contributed by atoms with Crippen molar-refractivity contribution in [2.24, 2.45) is 0 Å². The fraction of sp³-hybridized carbons (Fsp3) is 0.444. The predicted molar refractivity (Wildman–Crippen MR) is 96.1 cm³/mol. The molecule has 1 atom stereocenters. The van der Waals surface area contributed by atoms with Gasteiger partial charge in [0.1, 0.15) is 0 Å². The highest BCUT2D eigenvalue weighted by Gasteiger charge is 2.22. The number of aromatic nitrogens is 1. The van der Waals surface area contributed by atoms with Gasteiger partial charge < -0.3 is 10.2 Å². The van der Waals surface area contributed by atoms with Crippen molar-refractivity contribution < 1.29 is 4.79 Å². The lowest BCUT2D eigenvalue weighted by Gasteiger charge is -2.20. The Morgan fingerprint density at radius 1 is 1.48 bits per heavy atom. The van der Waals surface area contributed by atoms with E-state index in [1.54, 1.807) is 11.3 Å². The lowest BCUT2D eigenvalue weighted by molar-refractivity contribution is -0.120. The summed E-state index contributed by atoms with van der Waals surface area (Å²) in [7, 11) is 0. The van der Waals surface area contributed by atoms with Crippen LogP contribution in [0.1, 0.15) is 30.8 Å². The number of carbonyl (C=O) groups is 1. The molecule has 1 aromatic carbocycles. The van der Waals surface area contributed by atoms with E-state index in [9.17, 15) is 4.79 Å². The fourth-order valence-corrected chi connectivity index (χ4v) is 3.51. The first-order valence-corrected chi connectivity index (χ1v) is 9.04. The van der Waals surface area contributed by atoms with Gasteiger partial charge in [-0.3, -0.25) is 4.79 Å². The molecular weight excluding hydrogens is 306 g/mol. The van der Waals surface area contributed by atoms with Crippen LogP contribution in [0.15, 0.2) is 23.6 Å². The first kappa shape index (κ1) is 16.0. The van der Waals surface area contributed by atoms with Crippen molar-refractivity contribution in [3.05, 3.63) is 34.2 Å². The number of benzene rings is 1. The van der Waals surface area contributed by atoms with E-state index in [4.69, 9.17) is 0 Å². The monoisotopic (exact) mass is 329 g/mol. The summed E-state index contributed by atoms with van der Waals surface area (Å²) in [6, 6.07) is 6.69. The van der Waals surface area contributed by atoms with Crippen LogP contribution in [0.5, 0.6) is 0 Å². The lowest BCUT2D eigenvalue weighted by Crippen LogP contribution is -2.40. The number of carbonyl (C=O) groups excluding carboxylic acids is 1. The molecule has 0 aliphatic carbocycles. The number of rotatable bonds is 5. The van der Waals surface area contributed by atoms with Crippen molar-refractivity contribution in [1.82, 2.24) is 10.3 Å². The highest BCUT2D eigenvalue weighted by molar-refractivity contribution is 7.09. The summed E-state index contributed by atoms with van der Waals surface area (Å²) in [5, 5.41) is 6.23. The Morgan fingerprint density at radius 2 is 2.30 bits per heavy atom. The molecule has 0 spiro atoms. The van der Waals surface area contributed by atoms with Gasteiger partial charge in [-0.2, -0.15) is 0 Å². The van der Waals surface area contributed by atoms with Crippen molar-refractivity contribution >= 4 is 22.9 Å². The van der Waals surface area contributed by atoms with E-state index in [0.29, 0.717) is 6.54 Å². The van der Waals surface area contributed by atoms with E-state index in [-0.39, 0.29) is 11.9 Å². The number of aryl methyl sites for hydroxylation is 1. The van der Waals surface area contributed by atoms with E-state index in [2.05, 4.69) is 45.7 Å². The SMILES string of the molecule is CC[C@H](C)NC(=O)CN1CCc2cc(-c3csc(C)n3)ccc21. The maximum Gasteiger partial charge on any atom is 0.239 e. The molecule has 23 heavy (non-hydrogen) atoms. The van der Waals surface area contributed by atoms with Crippen LogP contribution in [0.3, 0.4) is 0 Å². The highest BCUT2D eigenvalue weighted by atomic mass is 32.1. The Bertz CT molecular complexity index is 710. The summed E-state index contributed by atoms with van der Waals surface area (Å²) in [5.74, 6) is 0.103. The molecule has 0 unspecified atom stereocenters. The summed E-state index contributed by atoms with van der Waals surface area (Å²) >= 11 is 1.67. The van der Waals surface area contributed by atoms with Crippen LogP contribution in [0.4, 0.5) is 5.69 Å². The fourth-order valence-electron chi connectivity index (χ4n) is 2.89. The minimum absolute atomic E-state index is 0.103. The summed E-state index contributed by atoms with van der Waals surface area (Å²) in [4.78, 5) is 18.8. The third-order valence-electron chi connectivity index (χ3n) is 4.34. The zero-order valence-electron chi connectivity index (χ0n) is 13.9. The van der Waals surface area contributed by atoms with Crippen LogP contribution in [-0.2, 0) is 11.2 Å². The number of nitrogens with one attached hydrogen (secondary N) is 1. The van der Waals surface area contributed by atoms with Crippen LogP contribution >= 0.6 is 11.3 Å². The maximum absolute atomic E-state index is 12.1. The third kappa shape index (κ3) is 3.55. The zero-order chi connectivity index (χ0) is 16.4. The molecule has 1 amide bonds. The third-order valence-corrected chi connectivity index (χ3v) is 5.11. The Labute approximate surface area is 141 Å². The summed E-state index contributed by atoms with van der Waals surface area (Å²) < 4.78 is 0. The van der Waals surface area contributed by atoms with Gasteiger partial charge >= 0.3 is 0 Å². The molecule has 0 bridgehead atoms. The van der Waals surface area contributed by atoms with Crippen LogP contribution in [-0.4, -0.2) is 30.0 Å². The average Bonchev–Trinajstić information content (AvgIpc) is 3.13. The molecule has 1 N–H and O–H groups in total. The quantitative estimate of drug-likeness (QED) is 0.914. The van der Waals surface area contributed by atoms with Gasteiger partial charge in [-0.25, -0.2) is 4.98 Å². The van der Waals surface area contributed by atoms with Gasteiger partial charge in [0.2, 0.25) is 5.91 Å². The Kier molecular flexibility index (Phi) is 4.66. The summed E-state index contributed by atoms with van der Waals surface area (Å²) in [6.45, 7) is 7.49. The highest BCUT2D eigenvalue weighted by Crippen LogP contribution is 2.32. The van der Waals surface area contributed by atoms with Gasteiger partial charge in [-0.1, -0.05) is 13.0 Å². The number of fused-ring (bicyclic) bond motifs is 1.